The molecule has 1 fully saturated rings. The number of benzene rings is 1. The Morgan fingerprint density at radius 1 is 1.35 bits per heavy atom. The van der Waals surface area contributed by atoms with E-state index in [2.05, 4.69) is 10.2 Å². The molecule has 0 bridgehead atoms. The molecule has 4 nitrogen and oxygen atoms in total. The van der Waals surface area contributed by atoms with Gasteiger partial charge in [0.2, 0.25) is 5.91 Å². The van der Waals surface area contributed by atoms with Crippen LogP contribution in [0.2, 0.25) is 0 Å². The van der Waals surface area contributed by atoms with E-state index in [4.69, 9.17) is 0 Å². The van der Waals surface area contributed by atoms with E-state index in [1.54, 1.807) is 0 Å². The van der Waals surface area contributed by atoms with Gasteiger partial charge in [0.05, 0.1) is 6.54 Å². The number of amides is 1. The number of hydrogen-bond acceptors (Lipinski definition) is 3. The predicted molar refractivity (Wildman–Crippen MR) is 79.8 cm³/mol. The van der Waals surface area contributed by atoms with Crippen LogP contribution in [0, 0.1) is 19.8 Å². The van der Waals surface area contributed by atoms with Crippen molar-refractivity contribution in [2.45, 2.75) is 26.7 Å². The highest BCUT2D eigenvalue weighted by molar-refractivity contribution is 5.93. The number of carbonyl (C=O) groups is 2. The second kappa shape index (κ2) is 6.66. The maximum Gasteiger partial charge on any atom is 0.238 e. The van der Waals surface area contributed by atoms with Crippen molar-refractivity contribution in [2.24, 2.45) is 5.92 Å². The molecule has 0 aromatic heterocycles. The van der Waals surface area contributed by atoms with Crippen LogP contribution >= 0.6 is 0 Å². The maximum atomic E-state index is 12.1. The van der Waals surface area contributed by atoms with Crippen LogP contribution in [0.25, 0.3) is 0 Å². The number of nitrogens with one attached hydrogen (secondary N) is 1. The molecule has 1 N–H and O–H groups in total. The van der Waals surface area contributed by atoms with Gasteiger partial charge in [-0.3, -0.25) is 9.69 Å². The van der Waals surface area contributed by atoms with Crippen LogP contribution in [0.4, 0.5) is 5.69 Å². The molecule has 1 aliphatic rings. The second-order valence-corrected chi connectivity index (χ2v) is 5.55. The summed E-state index contributed by atoms with van der Waals surface area (Å²) in [6, 6.07) is 5.92. The quantitative estimate of drug-likeness (QED) is 0.856. The minimum atomic E-state index is 0.0169. The first-order valence-electron chi connectivity index (χ1n) is 7.14. The van der Waals surface area contributed by atoms with Gasteiger partial charge in [-0.05, 0) is 57.0 Å². The van der Waals surface area contributed by atoms with E-state index >= 15 is 0 Å². The molecule has 0 aliphatic carbocycles. The number of rotatable bonds is 4. The Labute approximate surface area is 120 Å². The summed E-state index contributed by atoms with van der Waals surface area (Å²) >= 11 is 0. The Bertz CT molecular complexity index is 491. The van der Waals surface area contributed by atoms with E-state index in [9.17, 15) is 9.59 Å². The summed E-state index contributed by atoms with van der Waals surface area (Å²) in [5, 5.41) is 2.97. The Kier molecular flexibility index (Phi) is 4.90. The van der Waals surface area contributed by atoms with Gasteiger partial charge < -0.3 is 10.1 Å². The van der Waals surface area contributed by atoms with Crippen LogP contribution in [0.15, 0.2) is 18.2 Å². The summed E-state index contributed by atoms with van der Waals surface area (Å²) in [6.45, 7) is 6.10. The van der Waals surface area contributed by atoms with Crippen LogP contribution in [0.3, 0.4) is 0 Å². The minimum absolute atomic E-state index is 0.0169. The molecule has 1 saturated heterocycles. The van der Waals surface area contributed by atoms with Crippen LogP contribution in [0.5, 0.6) is 0 Å². The van der Waals surface area contributed by atoms with Gasteiger partial charge in [-0.25, -0.2) is 0 Å². The highest BCUT2D eigenvalue weighted by atomic mass is 16.2. The fourth-order valence-corrected chi connectivity index (χ4v) is 2.53. The zero-order chi connectivity index (χ0) is 14.5. The lowest BCUT2D eigenvalue weighted by Gasteiger charge is -2.28. The SMILES string of the molecule is Cc1cccc(NC(=O)CN2CCC(C=O)CC2)c1C. The topological polar surface area (TPSA) is 49.4 Å². The standard InChI is InChI=1S/C16H22N2O2/c1-12-4-3-5-15(13(12)2)17-16(20)10-18-8-6-14(11-19)7-9-18/h3-5,11,14H,6-10H2,1-2H3,(H,17,20). The van der Waals surface area contributed by atoms with Crippen LogP contribution < -0.4 is 5.32 Å². The maximum absolute atomic E-state index is 12.1. The number of carbonyl (C=O) groups excluding carboxylic acids is 2. The van der Waals surface area contributed by atoms with Crippen molar-refractivity contribution in [3.05, 3.63) is 29.3 Å². The molecule has 0 saturated carbocycles. The van der Waals surface area contributed by atoms with Gasteiger partial charge >= 0.3 is 0 Å². The van der Waals surface area contributed by atoms with E-state index in [0.717, 1.165) is 43.5 Å². The van der Waals surface area contributed by atoms with Crippen LogP contribution in [-0.4, -0.2) is 36.7 Å². The molecule has 0 radical (unpaired) electrons. The van der Waals surface area contributed by atoms with Gasteiger partial charge in [0, 0.05) is 11.6 Å². The second-order valence-electron chi connectivity index (χ2n) is 5.55. The normalized spacial score (nSPS) is 16.9. The molecule has 108 valence electrons. The van der Waals surface area contributed by atoms with Crippen molar-refractivity contribution in [2.75, 3.05) is 25.0 Å². The van der Waals surface area contributed by atoms with E-state index in [0.29, 0.717) is 6.54 Å². The van der Waals surface area contributed by atoms with Gasteiger partial charge in [0.1, 0.15) is 6.29 Å². The average Bonchev–Trinajstić information content (AvgIpc) is 2.45. The van der Waals surface area contributed by atoms with Gasteiger partial charge in [-0.1, -0.05) is 12.1 Å². The molecule has 1 heterocycles. The zero-order valence-electron chi connectivity index (χ0n) is 12.2. The molecule has 0 spiro atoms. The molecule has 0 unspecified atom stereocenters. The number of likely N-dealkylation sites (tertiary alicyclic amines) is 1. The summed E-state index contributed by atoms with van der Waals surface area (Å²) in [6.07, 6.45) is 2.76. The third kappa shape index (κ3) is 3.67. The summed E-state index contributed by atoms with van der Waals surface area (Å²) < 4.78 is 0. The van der Waals surface area contributed by atoms with Crippen molar-refractivity contribution < 1.29 is 9.59 Å². The van der Waals surface area contributed by atoms with Crippen LogP contribution in [0.1, 0.15) is 24.0 Å². The fourth-order valence-electron chi connectivity index (χ4n) is 2.53. The Hall–Kier alpha value is -1.68. The molecular weight excluding hydrogens is 252 g/mol. The van der Waals surface area contributed by atoms with Crippen molar-refractivity contribution in [3.63, 3.8) is 0 Å². The third-order valence-corrected chi connectivity index (χ3v) is 4.07. The molecule has 1 aliphatic heterocycles. The number of anilines is 1. The summed E-state index contributed by atoms with van der Waals surface area (Å²) in [7, 11) is 0. The molecule has 1 amide bonds. The zero-order valence-corrected chi connectivity index (χ0v) is 12.2. The predicted octanol–water partition coefficient (Wildman–Crippen LogP) is 2.15. The number of nitrogens with zero attached hydrogens (tertiary/aromatic N) is 1. The van der Waals surface area contributed by atoms with Gasteiger partial charge in [-0.2, -0.15) is 0 Å². The Morgan fingerprint density at radius 2 is 2.05 bits per heavy atom. The number of aldehydes is 1. The smallest absolute Gasteiger partial charge is 0.238 e. The fraction of sp³-hybridized carbons (Fsp3) is 0.500. The minimum Gasteiger partial charge on any atom is -0.325 e. The van der Waals surface area contributed by atoms with E-state index < -0.39 is 0 Å². The molecule has 20 heavy (non-hydrogen) atoms. The van der Waals surface area contributed by atoms with E-state index in [-0.39, 0.29) is 11.8 Å². The lowest BCUT2D eigenvalue weighted by molar-refractivity contribution is -0.117. The Balaban J connectivity index is 1.87. The number of piperidine rings is 1. The molecule has 0 atom stereocenters. The highest BCUT2D eigenvalue weighted by Crippen LogP contribution is 2.18. The summed E-state index contributed by atoms with van der Waals surface area (Å²) in [4.78, 5) is 24.9. The van der Waals surface area contributed by atoms with Gasteiger partial charge in [0.25, 0.3) is 0 Å². The van der Waals surface area contributed by atoms with Crippen molar-refractivity contribution in [1.29, 1.82) is 0 Å². The largest absolute Gasteiger partial charge is 0.325 e. The van der Waals surface area contributed by atoms with Gasteiger partial charge in [0.15, 0.2) is 0 Å². The first-order valence-corrected chi connectivity index (χ1v) is 7.14. The van der Waals surface area contributed by atoms with E-state index in [1.807, 2.05) is 32.0 Å². The first-order chi connectivity index (χ1) is 9.60. The van der Waals surface area contributed by atoms with Crippen molar-refractivity contribution >= 4 is 17.9 Å². The van der Waals surface area contributed by atoms with Crippen molar-refractivity contribution in [1.82, 2.24) is 4.90 Å². The molecule has 1 aromatic carbocycles. The first kappa shape index (κ1) is 14.7. The van der Waals surface area contributed by atoms with Gasteiger partial charge in [-0.15, -0.1) is 0 Å². The highest BCUT2D eigenvalue weighted by Gasteiger charge is 2.20. The molecule has 2 rings (SSSR count). The molecule has 4 heteroatoms. The van der Waals surface area contributed by atoms with E-state index in [1.165, 1.54) is 5.56 Å². The monoisotopic (exact) mass is 274 g/mol. The lowest BCUT2D eigenvalue weighted by atomic mass is 9.99. The van der Waals surface area contributed by atoms with Crippen molar-refractivity contribution in [3.8, 4) is 0 Å². The molecule has 1 aromatic rings. The number of aryl methyl sites for hydroxylation is 1. The average molecular weight is 274 g/mol. The summed E-state index contributed by atoms with van der Waals surface area (Å²) in [5.74, 6) is 0.191. The van der Waals surface area contributed by atoms with Crippen LogP contribution in [-0.2, 0) is 9.59 Å². The number of hydrogen-bond donors (Lipinski definition) is 1. The summed E-state index contributed by atoms with van der Waals surface area (Å²) in [5.41, 5.74) is 3.17. The molecular formula is C16H22N2O2. The Morgan fingerprint density at radius 3 is 2.70 bits per heavy atom. The third-order valence-electron chi connectivity index (χ3n) is 4.07. The lowest BCUT2D eigenvalue weighted by Crippen LogP contribution is -2.39.